The summed E-state index contributed by atoms with van der Waals surface area (Å²) in [4.78, 5) is 39.7. The summed E-state index contributed by atoms with van der Waals surface area (Å²) in [5, 5.41) is 5.60. The van der Waals surface area contributed by atoms with E-state index in [4.69, 9.17) is 21.7 Å². The minimum Gasteiger partial charge on any atom is -0.493 e. The van der Waals surface area contributed by atoms with Crippen LogP contribution in [0.15, 0.2) is 24.3 Å². The largest absolute Gasteiger partial charge is 0.493 e. The molecule has 0 radical (unpaired) electrons. The molecule has 0 bridgehead atoms. The Morgan fingerprint density at radius 2 is 1.94 bits per heavy atom. The summed E-state index contributed by atoms with van der Waals surface area (Å²) in [5.74, 6) is -0.643. The van der Waals surface area contributed by atoms with Crippen molar-refractivity contribution >= 4 is 35.1 Å². The zero-order chi connectivity index (χ0) is 24.3. The molecule has 2 N–H and O–H groups in total. The number of hydrogen-bond acceptors (Lipinski definition) is 6. The normalized spacial score (nSPS) is 18.7. The maximum absolute atomic E-state index is 13.0. The van der Waals surface area contributed by atoms with Crippen molar-refractivity contribution in [3.05, 3.63) is 29.8 Å². The van der Waals surface area contributed by atoms with Crippen molar-refractivity contribution in [3.8, 4) is 5.75 Å². The molecular weight excluding hydrogens is 454 g/mol. The van der Waals surface area contributed by atoms with Gasteiger partial charge >= 0.3 is 5.97 Å². The molecule has 8 nitrogen and oxygen atoms in total. The fraction of sp³-hybridized carbons (Fsp3) is 0.600. The van der Waals surface area contributed by atoms with E-state index in [0.29, 0.717) is 31.0 Å². The van der Waals surface area contributed by atoms with Gasteiger partial charge in [0.05, 0.1) is 18.6 Å². The summed E-state index contributed by atoms with van der Waals surface area (Å²) in [6, 6.07) is 6.18. The first-order valence-electron chi connectivity index (χ1n) is 12.3. The minimum absolute atomic E-state index is 0.0816. The van der Waals surface area contributed by atoms with Crippen molar-refractivity contribution in [2.45, 2.75) is 76.9 Å². The van der Waals surface area contributed by atoms with E-state index in [1.807, 2.05) is 6.07 Å². The molecule has 186 valence electrons. The van der Waals surface area contributed by atoms with Crippen LogP contribution in [0.3, 0.4) is 0 Å². The van der Waals surface area contributed by atoms with E-state index in [9.17, 15) is 14.4 Å². The summed E-state index contributed by atoms with van der Waals surface area (Å²) in [6.07, 6.45) is 7.83. The van der Waals surface area contributed by atoms with Crippen LogP contribution in [0.2, 0.25) is 0 Å². The monoisotopic (exact) mass is 489 g/mol. The molecule has 1 saturated heterocycles. The Labute approximate surface area is 206 Å². The lowest BCUT2D eigenvalue weighted by Crippen LogP contribution is -2.60. The second-order valence-electron chi connectivity index (χ2n) is 8.77. The topological polar surface area (TPSA) is 97.0 Å². The fourth-order valence-electron chi connectivity index (χ4n) is 4.29. The SMILES string of the molecule is CCCCCOc1ccccc1C(=O)NC(=S)N1CCNC(=O)C1CC(=O)OC1CCCCC1. The number of hydrogen-bond donors (Lipinski definition) is 2. The van der Waals surface area contributed by atoms with E-state index in [0.717, 1.165) is 51.4 Å². The molecule has 1 atom stereocenters. The zero-order valence-electron chi connectivity index (χ0n) is 19.8. The van der Waals surface area contributed by atoms with E-state index in [1.54, 1.807) is 23.1 Å². The van der Waals surface area contributed by atoms with Gasteiger partial charge in [0.1, 0.15) is 17.9 Å². The summed E-state index contributed by atoms with van der Waals surface area (Å²) < 4.78 is 11.4. The molecule has 1 heterocycles. The lowest BCUT2D eigenvalue weighted by Gasteiger charge is -2.36. The van der Waals surface area contributed by atoms with Gasteiger partial charge in [0.25, 0.3) is 5.91 Å². The number of carbonyl (C=O) groups excluding carboxylic acids is 3. The predicted octanol–water partition coefficient (Wildman–Crippen LogP) is 3.34. The molecule has 3 rings (SSSR count). The van der Waals surface area contributed by atoms with Gasteiger partial charge in [-0.25, -0.2) is 0 Å². The third kappa shape index (κ3) is 7.41. The molecule has 2 amide bonds. The van der Waals surface area contributed by atoms with Crippen LogP contribution in [-0.4, -0.2) is 59.6 Å². The van der Waals surface area contributed by atoms with Gasteiger partial charge in [-0.05, 0) is 56.5 Å². The molecule has 0 aromatic heterocycles. The number of unbranched alkanes of at least 4 members (excludes halogenated alkanes) is 2. The summed E-state index contributed by atoms with van der Waals surface area (Å²) in [6.45, 7) is 3.41. The first-order chi connectivity index (χ1) is 16.5. The van der Waals surface area contributed by atoms with Gasteiger partial charge in [-0.1, -0.05) is 38.3 Å². The van der Waals surface area contributed by atoms with Crippen LogP contribution in [0.1, 0.15) is 75.1 Å². The zero-order valence-corrected chi connectivity index (χ0v) is 20.7. The second kappa shape index (κ2) is 13.3. The van der Waals surface area contributed by atoms with Crippen LogP contribution >= 0.6 is 12.2 Å². The molecule has 34 heavy (non-hydrogen) atoms. The Kier molecular flexibility index (Phi) is 10.1. The molecule has 9 heteroatoms. The van der Waals surface area contributed by atoms with Gasteiger partial charge in [0.2, 0.25) is 5.91 Å². The first-order valence-corrected chi connectivity index (χ1v) is 12.7. The van der Waals surface area contributed by atoms with Crippen molar-refractivity contribution in [2.24, 2.45) is 0 Å². The average molecular weight is 490 g/mol. The van der Waals surface area contributed by atoms with Gasteiger partial charge < -0.3 is 19.7 Å². The van der Waals surface area contributed by atoms with Crippen LogP contribution in [0.4, 0.5) is 0 Å². The van der Waals surface area contributed by atoms with Gasteiger partial charge in [0.15, 0.2) is 5.11 Å². The molecule has 1 aromatic carbocycles. The molecule has 1 aliphatic carbocycles. The highest BCUT2D eigenvalue weighted by molar-refractivity contribution is 7.80. The maximum Gasteiger partial charge on any atom is 0.308 e. The summed E-state index contributed by atoms with van der Waals surface area (Å²) >= 11 is 5.48. The number of amides is 2. The predicted molar refractivity (Wildman–Crippen MR) is 133 cm³/mol. The van der Waals surface area contributed by atoms with E-state index in [1.165, 1.54) is 0 Å². The molecule has 1 saturated carbocycles. The lowest BCUT2D eigenvalue weighted by molar-refractivity contribution is -0.153. The molecule has 1 unspecified atom stereocenters. The van der Waals surface area contributed by atoms with Gasteiger partial charge in [-0.2, -0.15) is 0 Å². The first kappa shape index (κ1) is 25.9. The molecule has 2 fully saturated rings. The Morgan fingerprint density at radius 3 is 2.71 bits per heavy atom. The second-order valence-corrected chi connectivity index (χ2v) is 9.15. The third-order valence-corrected chi connectivity index (χ3v) is 6.50. The lowest BCUT2D eigenvalue weighted by atomic mass is 9.98. The van der Waals surface area contributed by atoms with E-state index < -0.39 is 17.9 Å². The molecule has 1 aliphatic heterocycles. The number of esters is 1. The third-order valence-electron chi connectivity index (χ3n) is 6.16. The molecular formula is C25H35N3O5S. The van der Waals surface area contributed by atoms with Crippen LogP contribution in [0, 0.1) is 0 Å². The maximum atomic E-state index is 13.0. The average Bonchev–Trinajstić information content (AvgIpc) is 2.84. The van der Waals surface area contributed by atoms with Crippen LogP contribution < -0.4 is 15.4 Å². The van der Waals surface area contributed by atoms with Crippen molar-refractivity contribution in [1.29, 1.82) is 0 Å². The standard InChI is InChI=1S/C25H35N3O5S/c1-2-3-9-16-32-21-13-8-7-12-19(21)23(30)27-25(34)28-15-14-26-24(31)20(28)17-22(29)33-18-10-5-4-6-11-18/h7-8,12-13,18,20H,2-6,9-11,14-17H2,1H3,(H,26,31)(H,27,30,34). The highest BCUT2D eigenvalue weighted by Crippen LogP contribution is 2.22. The van der Waals surface area contributed by atoms with E-state index in [-0.39, 0.29) is 23.5 Å². The number of carbonyl (C=O) groups is 3. The highest BCUT2D eigenvalue weighted by atomic mass is 32.1. The van der Waals surface area contributed by atoms with Crippen LogP contribution in [0.25, 0.3) is 0 Å². The van der Waals surface area contributed by atoms with Crippen molar-refractivity contribution in [3.63, 3.8) is 0 Å². The quantitative estimate of drug-likeness (QED) is 0.312. The number of para-hydroxylation sites is 1. The van der Waals surface area contributed by atoms with Crippen LogP contribution in [-0.2, 0) is 14.3 Å². The number of thiocarbonyl (C=S) groups is 1. The summed E-state index contributed by atoms with van der Waals surface area (Å²) in [7, 11) is 0. The van der Waals surface area contributed by atoms with Crippen LogP contribution in [0.5, 0.6) is 5.75 Å². The van der Waals surface area contributed by atoms with Crippen molar-refractivity contribution < 1.29 is 23.9 Å². The number of nitrogens with zero attached hydrogens (tertiary/aromatic N) is 1. The van der Waals surface area contributed by atoms with Gasteiger partial charge in [-0.3, -0.25) is 19.7 Å². The Bertz CT molecular complexity index is 872. The molecule has 2 aliphatic rings. The number of nitrogens with one attached hydrogen (secondary N) is 2. The van der Waals surface area contributed by atoms with Crippen molar-refractivity contribution in [1.82, 2.24) is 15.5 Å². The summed E-state index contributed by atoms with van der Waals surface area (Å²) in [5.41, 5.74) is 0.371. The van der Waals surface area contributed by atoms with Gasteiger partial charge in [-0.15, -0.1) is 0 Å². The number of piperazine rings is 1. The highest BCUT2D eigenvalue weighted by Gasteiger charge is 2.35. The van der Waals surface area contributed by atoms with Gasteiger partial charge in [0, 0.05) is 13.1 Å². The molecule has 1 aromatic rings. The number of benzene rings is 1. The molecule has 0 spiro atoms. The number of ether oxygens (including phenoxy) is 2. The fourth-order valence-corrected chi connectivity index (χ4v) is 4.60. The Morgan fingerprint density at radius 1 is 1.18 bits per heavy atom. The van der Waals surface area contributed by atoms with Crippen molar-refractivity contribution in [2.75, 3.05) is 19.7 Å². The minimum atomic E-state index is -0.821. The van der Waals surface area contributed by atoms with E-state index >= 15 is 0 Å². The smallest absolute Gasteiger partial charge is 0.308 e. The van der Waals surface area contributed by atoms with E-state index in [2.05, 4.69) is 17.6 Å². The number of rotatable bonds is 9. The Balaban J connectivity index is 1.61. The Hall–Kier alpha value is -2.68.